The lowest BCUT2D eigenvalue weighted by Crippen LogP contribution is -2.15. The monoisotopic (exact) mass is 511 g/mol. The van der Waals surface area contributed by atoms with Gasteiger partial charge in [0.05, 0.1) is 27.7 Å². The molecule has 0 spiro atoms. The SMILES string of the molecule is CC(C)OC(=O)c1ccc(Cl)cc1-c1ccc(/C=N/NC(=O)c2cc3cc([N+](=O)[O-])ccc3s2)o1. The molecule has 0 fully saturated rings. The minimum Gasteiger partial charge on any atom is -0.459 e. The van der Waals surface area contributed by atoms with Crippen LogP contribution in [0.25, 0.3) is 21.4 Å². The number of halogens is 1. The van der Waals surface area contributed by atoms with Crippen LogP contribution in [0.4, 0.5) is 5.69 Å². The van der Waals surface area contributed by atoms with Crippen LogP contribution >= 0.6 is 22.9 Å². The Labute approximate surface area is 208 Å². The molecule has 2 heterocycles. The molecule has 0 aliphatic heterocycles. The van der Waals surface area contributed by atoms with Crippen molar-refractivity contribution in [2.75, 3.05) is 0 Å². The Bertz CT molecular complexity index is 1470. The van der Waals surface area contributed by atoms with Gasteiger partial charge in [-0.3, -0.25) is 14.9 Å². The lowest BCUT2D eigenvalue weighted by atomic mass is 10.1. The lowest BCUT2D eigenvalue weighted by Gasteiger charge is -2.11. The summed E-state index contributed by atoms with van der Waals surface area (Å²) in [4.78, 5) is 35.7. The molecule has 0 saturated carbocycles. The van der Waals surface area contributed by atoms with Gasteiger partial charge < -0.3 is 9.15 Å². The maximum atomic E-state index is 12.5. The van der Waals surface area contributed by atoms with Crippen molar-refractivity contribution in [2.24, 2.45) is 5.10 Å². The number of nitro benzene ring substituents is 1. The third-order valence-corrected chi connectivity index (χ3v) is 6.08. The smallest absolute Gasteiger partial charge is 0.339 e. The number of ether oxygens (including phenoxy) is 1. The Hall–Kier alpha value is -4.02. The van der Waals surface area contributed by atoms with Gasteiger partial charge in [0, 0.05) is 32.8 Å². The van der Waals surface area contributed by atoms with Crippen LogP contribution in [0.1, 0.15) is 39.6 Å². The molecule has 0 radical (unpaired) electrons. The number of rotatable bonds is 7. The van der Waals surface area contributed by atoms with Crippen LogP contribution < -0.4 is 5.43 Å². The van der Waals surface area contributed by atoms with E-state index in [2.05, 4.69) is 10.5 Å². The van der Waals surface area contributed by atoms with Crippen LogP contribution in [0.15, 0.2) is 64.1 Å². The number of hydrogen-bond acceptors (Lipinski definition) is 8. The van der Waals surface area contributed by atoms with Crippen molar-refractivity contribution in [1.82, 2.24) is 5.43 Å². The molecule has 35 heavy (non-hydrogen) atoms. The van der Waals surface area contributed by atoms with Crippen molar-refractivity contribution in [1.29, 1.82) is 0 Å². The molecule has 4 rings (SSSR count). The number of benzene rings is 2. The van der Waals surface area contributed by atoms with Gasteiger partial charge in [-0.25, -0.2) is 10.2 Å². The van der Waals surface area contributed by atoms with Crippen molar-refractivity contribution in [2.45, 2.75) is 20.0 Å². The van der Waals surface area contributed by atoms with E-state index in [1.54, 1.807) is 56.3 Å². The number of hydrogen-bond donors (Lipinski definition) is 1. The van der Waals surface area contributed by atoms with E-state index in [0.29, 0.717) is 37.9 Å². The van der Waals surface area contributed by atoms with Crippen molar-refractivity contribution in [3.63, 3.8) is 0 Å². The highest BCUT2D eigenvalue weighted by Crippen LogP contribution is 2.30. The Morgan fingerprint density at radius 2 is 1.97 bits per heavy atom. The summed E-state index contributed by atoms with van der Waals surface area (Å²) in [5.74, 6) is -0.262. The molecule has 4 aromatic rings. The van der Waals surface area contributed by atoms with Gasteiger partial charge in [-0.15, -0.1) is 11.3 Å². The molecule has 1 amide bonds. The number of non-ortho nitro benzene ring substituents is 1. The number of thiophene rings is 1. The molecule has 0 aliphatic rings. The second-order valence-electron chi connectivity index (χ2n) is 7.63. The van der Waals surface area contributed by atoms with Crippen LogP contribution in [0.3, 0.4) is 0 Å². The summed E-state index contributed by atoms with van der Waals surface area (Å²) in [6, 6.07) is 14.0. The predicted molar refractivity (Wildman–Crippen MR) is 133 cm³/mol. The number of nitrogens with zero attached hydrogens (tertiary/aromatic N) is 2. The van der Waals surface area contributed by atoms with Crippen LogP contribution in [-0.4, -0.2) is 29.1 Å². The van der Waals surface area contributed by atoms with Crippen LogP contribution in [-0.2, 0) is 4.74 Å². The predicted octanol–water partition coefficient (Wildman–Crippen LogP) is 6.05. The molecular formula is C24H18ClN3O6S. The molecule has 2 aromatic heterocycles. The number of amides is 1. The molecular weight excluding hydrogens is 494 g/mol. The summed E-state index contributed by atoms with van der Waals surface area (Å²) >= 11 is 7.31. The van der Waals surface area contributed by atoms with Gasteiger partial charge in [-0.1, -0.05) is 11.6 Å². The maximum absolute atomic E-state index is 12.5. The van der Waals surface area contributed by atoms with Gasteiger partial charge in [-0.05, 0) is 56.3 Å². The number of furan rings is 1. The van der Waals surface area contributed by atoms with Gasteiger partial charge >= 0.3 is 5.97 Å². The molecule has 1 N–H and O–H groups in total. The van der Waals surface area contributed by atoms with Gasteiger partial charge in [0.2, 0.25) is 0 Å². The quantitative estimate of drug-likeness (QED) is 0.139. The average Bonchev–Trinajstić information content (AvgIpc) is 3.45. The van der Waals surface area contributed by atoms with Crippen LogP contribution in [0, 0.1) is 10.1 Å². The topological polar surface area (TPSA) is 124 Å². The highest BCUT2D eigenvalue weighted by atomic mass is 35.5. The molecule has 2 aromatic carbocycles. The lowest BCUT2D eigenvalue weighted by molar-refractivity contribution is -0.384. The average molecular weight is 512 g/mol. The fourth-order valence-corrected chi connectivity index (χ4v) is 4.31. The Morgan fingerprint density at radius 3 is 2.71 bits per heavy atom. The van der Waals surface area contributed by atoms with Gasteiger partial charge in [0.25, 0.3) is 11.6 Å². The molecule has 0 aliphatic carbocycles. The molecule has 0 bridgehead atoms. The van der Waals surface area contributed by atoms with Gasteiger partial charge in [0.15, 0.2) is 0 Å². The number of esters is 1. The highest BCUT2D eigenvalue weighted by molar-refractivity contribution is 7.20. The first-order valence-corrected chi connectivity index (χ1v) is 11.5. The van der Waals surface area contributed by atoms with Gasteiger partial charge in [-0.2, -0.15) is 5.10 Å². The fourth-order valence-electron chi connectivity index (χ4n) is 3.21. The Morgan fingerprint density at radius 1 is 1.17 bits per heavy atom. The molecule has 0 saturated heterocycles. The molecule has 178 valence electrons. The second kappa shape index (κ2) is 10.1. The number of carbonyl (C=O) groups is 2. The van der Waals surface area contributed by atoms with E-state index in [1.165, 1.54) is 29.7 Å². The van der Waals surface area contributed by atoms with Crippen molar-refractivity contribution in [3.05, 3.63) is 85.9 Å². The van der Waals surface area contributed by atoms with Crippen molar-refractivity contribution < 1.29 is 23.7 Å². The Balaban J connectivity index is 1.48. The zero-order valence-corrected chi connectivity index (χ0v) is 20.1. The molecule has 11 heteroatoms. The first kappa shape index (κ1) is 24.1. The second-order valence-corrected chi connectivity index (χ2v) is 9.16. The largest absolute Gasteiger partial charge is 0.459 e. The van der Waals surface area contributed by atoms with Crippen molar-refractivity contribution in [3.8, 4) is 11.3 Å². The van der Waals surface area contributed by atoms with Gasteiger partial charge in [0.1, 0.15) is 11.5 Å². The number of hydrazone groups is 1. The third-order valence-electron chi connectivity index (χ3n) is 4.73. The fraction of sp³-hybridized carbons (Fsp3) is 0.125. The summed E-state index contributed by atoms with van der Waals surface area (Å²) in [7, 11) is 0. The maximum Gasteiger partial charge on any atom is 0.339 e. The van der Waals surface area contributed by atoms with E-state index in [9.17, 15) is 19.7 Å². The standard InChI is InChI=1S/C24H18ClN3O6S/c1-13(2)33-24(30)18-6-3-15(25)11-19(18)20-7-5-17(34-20)12-26-27-23(29)22-10-14-9-16(28(31)32)4-8-21(14)35-22/h3-13H,1-2H3,(H,27,29)/b26-12+. The zero-order chi connectivity index (χ0) is 25.1. The van der Waals surface area contributed by atoms with E-state index in [4.69, 9.17) is 20.8 Å². The summed E-state index contributed by atoms with van der Waals surface area (Å²) < 4.78 is 11.8. The van der Waals surface area contributed by atoms with Crippen LogP contribution in [0.2, 0.25) is 5.02 Å². The summed E-state index contributed by atoms with van der Waals surface area (Å²) in [5, 5.41) is 15.9. The van der Waals surface area contributed by atoms with E-state index in [0.717, 1.165) is 4.70 Å². The first-order chi connectivity index (χ1) is 16.7. The number of nitrogens with one attached hydrogen (secondary N) is 1. The number of nitro groups is 1. The first-order valence-electron chi connectivity index (χ1n) is 10.3. The van der Waals surface area contributed by atoms with Crippen LogP contribution in [0.5, 0.6) is 0 Å². The third kappa shape index (κ3) is 5.56. The Kier molecular flexibility index (Phi) is 6.94. The van der Waals surface area contributed by atoms with E-state index in [-0.39, 0.29) is 11.8 Å². The van der Waals surface area contributed by atoms with E-state index in [1.807, 2.05) is 0 Å². The number of carbonyl (C=O) groups excluding carboxylic acids is 2. The summed E-state index contributed by atoms with van der Waals surface area (Å²) in [5.41, 5.74) is 3.13. The normalized spacial score (nSPS) is 11.3. The van der Waals surface area contributed by atoms with Crippen molar-refractivity contribution >= 4 is 56.8 Å². The molecule has 0 unspecified atom stereocenters. The minimum atomic E-state index is -0.501. The minimum absolute atomic E-state index is 0.0470. The number of fused-ring (bicyclic) bond motifs is 1. The zero-order valence-electron chi connectivity index (χ0n) is 18.5. The molecule has 9 nitrogen and oxygen atoms in total. The highest BCUT2D eigenvalue weighted by Gasteiger charge is 2.18. The van der Waals surface area contributed by atoms with E-state index < -0.39 is 16.8 Å². The summed E-state index contributed by atoms with van der Waals surface area (Å²) in [6.07, 6.45) is 1.03. The summed E-state index contributed by atoms with van der Waals surface area (Å²) in [6.45, 7) is 3.51. The van der Waals surface area contributed by atoms with E-state index >= 15 is 0 Å². The molecule has 0 atom stereocenters.